The zero-order valence-electron chi connectivity index (χ0n) is 10.6. The summed E-state index contributed by atoms with van der Waals surface area (Å²) in [6, 6.07) is 1.91. The number of benzene rings is 1. The van der Waals surface area contributed by atoms with Gasteiger partial charge in [0.05, 0.1) is 22.3 Å². The highest BCUT2D eigenvalue weighted by Gasteiger charge is 2.19. The summed E-state index contributed by atoms with van der Waals surface area (Å²) in [6.07, 6.45) is 5.07. The van der Waals surface area contributed by atoms with Gasteiger partial charge in [-0.1, -0.05) is 11.6 Å². The molecule has 0 spiro atoms. The van der Waals surface area contributed by atoms with E-state index < -0.39 is 10.7 Å². The third-order valence-electron chi connectivity index (χ3n) is 2.68. The third-order valence-corrected chi connectivity index (χ3v) is 2.97. The predicted octanol–water partition coefficient (Wildman–Crippen LogP) is 3.08. The smallest absolute Gasteiger partial charge is 0.295 e. The molecule has 1 N–H and O–H groups in total. The van der Waals surface area contributed by atoms with Crippen LogP contribution in [-0.4, -0.2) is 20.5 Å². The largest absolute Gasteiger partial charge is 0.375 e. The zero-order valence-corrected chi connectivity index (χ0v) is 11.3. The van der Waals surface area contributed by atoms with E-state index in [0.29, 0.717) is 6.54 Å². The fourth-order valence-electron chi connectivity index (χ4n) is 1.83. The van der Waals surface area contributed by atoms with Gasteiger partial charge in [0.25, 0.3) is 5.69 Å². The molecule has 20 heavy (non-hydrogen) atoms. The van der Waals surface area contributed by atoms with Gasteiger partial charge < -0.3 is 9.88 Å². The molecule has 0 saturated carbocycles. The molecule has 0 saturated heterocycles. The molecule has 0 aliphatic carbocycles. The number of nitrogens with zero attached hydrogens (tertiary/aromatic N) is 3. The van der Waals surface area contributed by atoms with Gasteiger partial charge >= 0.3 is 0 Å². The molecule has 1 atom stereocenters. The summed E-state index contributed by atoms with van der Waals surface area (Å²) < 4.78 is 15.1. The van der Waals surface area contributed by atoms with E-state index in [-0.39, 0.29) is 22.4 Å². The number of aromatic nitrogens is 2. The Bertz CT molecular complexity index is 618. The molecule has 1 unspecified atom stereocenters. The number of imidazole rings is 1. The van der Waals surface area contributed by atoms with Gasteiger partial charge in [0.15, 0.2) is 0 Å². The van der Waals surface area contributed by atoms with Crippen molar-refractivity contribution in [2.45, 2.75) is 19.5 Å². The Hall–Kier alpha value is -2.15. The molecule has 1 aromatic carbocycles. The van der Waals surface area contributed by atoms with Crippen LogP contribution in [0.2, 0.25) is 5.02 Å². The Labute approximate surface area is 119 Å². The lowest BCUT2D eigenvalue weighted by Crippen LogP contribution is -2.21. The van der Waals surface area contributed by atoms with Crippen molar-refractivity contribution in [3.63, 3.8) is 0 Å². The number of anilines is 1. The summed E-state index contributed by atoms with van der Waals surface area (Å²) in [7, 11) is 0. The molecule has 0 aliphatic heterocycles. The summed E-state index contributed by atoms with van der Waals surface area (Å²) >= 11 is 5.66. The number of nitro benzene ring substituents is 1. The van der Waals surface area contributed by atoms with Crippen LogP contribution < -0.4 is 5.32 Å². The standard InChI is InChI=1S/C12H12ClFN4O2/c1-8(6-17-3-2-15-7-17)16-11-4-9(13)10(14)5-12(11)18(19)20/h2-5,7-8,16H,6H2,1H3. The van der Waals surface area contributed by atoms with Gasteiger partial charge in [0.2, 0.25) is 0 Å². The first-order valence-corrected chi connectivity index (χ1v) is 6.21. The average molecular weight is 299 g/mol. The Morgan fingerprint density at radius 2 is 2.35 bits per heavy atom. The molecular weight excluding hydrogens is 287 g/mol. The molecule has 0 radical (unpaired) electrons. The van der Waals surface area contributed by atoms with Crippen molar-refractivity contribution in [2.24, 2.45) is 0 Å². The topological polar surface area (TPSA) is 73.0 Å². The maximum absolute atomic E-state index is 13.3. The molecule has 1 aromatic heterocycles. The maximum Gasteiger partial charge on any atom is 0.295 e. The van der Waals surface area contributed by atoms with Crippen LogP contribution in [-0.2, 0) is 6.54 Å². The first-order valence-electron chi connectivity index (χ1n) is 5.83. The van der Waals surface area contributed by atoms with E-state index in [1.807, 2.05) is 11.5 Å². The van der Waals surface area contributed by atoms with Gasteiger partial charge in [0, 0.05) is 25.0 Å². The lowest BCUT2D eigenvalue weighted by Gasteiger charge is -2.16. The molecule has 0 aliphatic rings. The highest BCUT2D eigenvalue weighted by molar-refractivity contribution is 6.31. The maximum atomic E-state index is 13.3. The second-order valence-corrected chi connectivity index (χ2v) is 4.75. The van der Waals surface area contributed by atoms with Crippen LogP contribution in [0, 0.1) is 15.9 Å². The minimum Gasteiger partial charge on any atom is -0.375 e. The van der Waals surface area contributed by atoms with E-state index in [1.54, 1.807) is 18.7 Å². The van der Waals surface area contributed by atoms with Crippen molar-refractivity contribution >= 4 is 23.0 Å². The predicted molar refractivity (Wildman–Crippen MR) is 73.4 cm³/mol. The minimum absolute atomic E-state index is 0.121. The lowest BCUT2D eigenvalue weighted by molar-refractivity contribution is -0.384. The van der Waals surface area contributed by atoms with E-state index in [2.05, 4.69) is 10.3 Å². The van der Waals surface area contributed by atoms with Crippen LogP contribution >= 0.6 is 11.6 Å². The molecule has 6 nitrogen and oxygen atoms in total. The number of nitrogens with one attached hydrogen (secondary N) is 1. The fraction of sp³-hybridized carbons (Fsp3) is 0.250. The number of hydrogen-bond acceptors (Lipinski definition) is 4. The van der Waals surface area contributed by atoms with E-state index in [9.17, 15) is 14.5 Å². The van der Waals surface area contributed by atoms with Gasteiger partial charge in [-0.15, -0.1) is 0 Å². The summed E-state index contributed by atoms with van der Waals surface area (Å²) in [6.45, 7) is 2.41. The van der Waals surface area contributed by atoms with Crippen molar-refractivity contribution in [1.29, 1.82) is 0 Å². The van der Waals surface area contributed by atoms with Crippen molar-refractivity contribution < 1.29 is 9.31 Å². The molecule has 0 fully saturated rings. The lowest BCUT2D eigenvalue weighted by atomic mass is 10.2. The second-order valence-electron chi connectivity index (χ2n) is 4.35. The van der Waals surface area contributed by atoms with E-state index >= 15 is 0 Å². The number of rotatable bonds is 5. The molecule has 2 aromatic rings. The molecular formula is C12H12ClFN4O2. The quantitative estimate of drug-likeness (QED) is 0.680. The van der Waals surface area contributed by atoms with Gasteiger partial charge in [-0.3, -0.25) is 10.1 Å². The Morgan fingerprint density at radius 3 is 2.95 bits per heavy atom. The Kier molecular flexibility index (Phi) is 4.19. The van der Waals surface area contributed by atoms with Crippen LogP contribution in [0.25, 0.3) is 0 Å². The van der Waals surface area contributed by atoms with Crippen molar-refractivity contribution in [3.05, 3.63) is 51.8 Å². The Morgan fingerprint density at radius 1 is 1.60 bits per heavy atom. The molecule has 0 bridgehead atoms. The monoisotopic (exact) mass is 298 g/mol. The zero-order chi connectivity index (χ0) is 14.7. The molecule has 1 heterocycles. The molecule has 0 amide bonds. The second kappa shape index (κ2) is 5.87. The van der Waals surface area contributed by atoms with Crippen LogP contribution in [0.15, 0.2) is 30.9 Å². The number of nitro groups is 1. The third kappa shape index (κ3) is 3.24. The summed E-state index contributed by atoms with van der Waals surface area (Å²) in [4.78, 5) is 14.2. The minimum atomic E-state index is -0.814. The molecule has 2 rings (SSSR count). The van der Waals surface area contributed by atoms with Crippen LogP contribution in [0.4, 0.5) is 15.8 Å². The SMILES string of the molecule is CC(Cn1ccnc1)Nc1cc(Cl)c(F)cc1[N+](=O)[O-]. The highest BCUT2D eigenvalue weighted by atomic mass is 35.5. The summed E-state index contributed by atoms with van der Waals surface area (Å²) in [5.74, 6) is -0.814. The van der Waals surface area contributed by atoms with Gasteiger partial charge in [-0.25, -0.2) is 9.37 Å². The Balaban J connectivity index is 2.19. The fourth-order valence-corrected chi connectivity index (χ4v) is 1.99. The van der Waals surface area contributed by atoms with Crippen LogP contribution in [0.1, 0.15) is 6.92 Å². The highest BCUT2D eigenvalue weighted by Crippen LogP contribution is 2.30. The van der Waals surface area contributed by atoms with E-state index in [0.717, 1.165) is 6.07 Å². The van der Waals surface area contributed by atoms with Crippen molar-refractivity contribution in [3.8, 4) is 0 Å². The van der Waals surface area contributed by atoms with Gasteiger partial charge in [0.1, 0.15) is 11.5 Å². The number of hydrogen-bond donors (Lipinski definition) is 1. The average Bonchev–Trinajstić information content (AvgIpc) is 2.85. The summed E-state index contributed by atoms with van der Waals surface area (Å²) in [5, 5.41) is 13.7. The summed E-state index contributed by atoms with van der Waals surface area (Å²) in [5.41, 5.74) is -0.154. The first kappa shape index (κ1) is 14.3. The van der Waals surface area contributed by atoms with Crippen molar-refractivity contribution in [1.82, 2.24) is 9.55 Å². The molecule has 8 heteroatoms. The van der Waals surface area contributed by atoms with Crippen LogP contribution in [0.3, 0.4) is 0 Å². The van der Waals surface area contributed by atoms with Gasteiger partial charge in [-0.2, -0.15) is 0 Å². The number of halogens is 2. The van der Waals surface area contributed by atoms with Gasteiger partial charge in [-0.05, 0) is 13.0 Å². The van der Waals surface area contributed by atoms with E-state index in [1.165, 1.54) is 6.07 Å². The normalized spacial score (nSPS) is 12.2. The van der Waals surface area contributed by atoms with Crippen LogP contribution in [0.5, 0.6) is 0 Å². The van der Waals surface area contributed by atoms with E-state index in [4.69, 9.17) is 11.6 Å². The van der Waals surface area contributed by atoms with Crippen molar-refractivity contribution in [2.75, 3.05) is 5.32 Å². The molecule has 106 valence electrons. The first-order chi connectivity index (χ1) is 9.47.